The first-order valence-electron chi connectivity index (χ1n) is 8.90. The maximum atomic E-state index is 13.2. The Labute approximate surface area is 166 Å². The van der Waals surface area contributed by atoms with Crippen LogP contribution in [-0.4, -0.2) is 22.6 Å². The SMILES string of the molecule is O=C(C(C(=O)c1ccccc1)=C1Nc2cccc(C(=O)O)c2N1)c1ccccc1. The molecule has 3 aromatic rings. The summed E-state index contributed by atoms with van der Waals surface area (Å²) in [5.41, 5.74) is 1.47. The van der Waals surface area contributed by atoms with Crippen molar-refractivity contribution in [3.63, 3.8) is 0 Å². The summed E-state index contributed by atoms with van der Waals surface area (Å²) < 4.78 is 0. The van der Waals surface area contributed by atoms with Gasteiger partial charge in [-0.15, -0.1) is 0 Å². The predicted octanol–water partition coefficient (Wildman–Crippen LogP) is 4.20. The normalized spacial score (nSPS) is 11.8. The molecule has 0 unspecified atom stereocenters. The third-order valence-corrected chi connectivity index (χ3v) is 4.58. The van der Waals surface area contributed by atoms with E-state index in [0.717, 1.165) is 0 Å². The van der Waals surface area contributed by atoms with E-state index >= 15 is 0 Å². The zero-order valence-electron chi connectivity index (χ0n) is 15.2. The van der Waals surface area contributed by atoms with Gasteiger partial charge in [0.15, 0.2) is 0 Å². The first-order valence-corrected chi connectivity index (χ1v) is 8.90. The van der Waals surface area contributed by atoms with Crippen LogP contribution in [0.3, 0.4) is 0 Å². The highest BCUT2D eigenvalue weighted by Gasteiger charge is 2.30. The number of carbonyl (C=O) groups excluding carboxylic acids is 2. The average molecular weight is 384 g/mol. The summed E-state index contributed by atoms with van der Waals surface area (Å²) in [6.07, 6.45) is 0. The summed E-state index contributed by atoms with van der Waals surface area (Å²) >= 11 is 0. The average Bonchev–Trinajstić information content (AvgIpc) is 3.18. The highest BCUT2D eigenvalue weighted by atomic mass is 16.4. The lowest BCUT2D eigenvalue weighted by molar-refractivity contribution is 0.0697. The van der Waals surface area contributed by atoms with Crippen LogP contribution >= 0.6 is 0 Å². The molecule has 0 fully saturated rings. The fourth-order valence-electron chi connectivity index (χ4n) is 3.18. The maximum absolute atomic E-state index is 13.2. The van der Waals surface area contributed by atoms with Crippen molar-refractivity contribution in [1.29, 1.82) is 0 Å². The fourth-order valence-corrected chi connectivity index (χ4v) is 3.18. The smallest absolute Gasteiger partial charge is 0.337 e. The van der Waals surface area contributed by atoms with Gasteiger partial charge < -0.3 is 15.7 Å². The lowest BCUT2D eigenvalue weighted by Crippen LogP contribution is -2.20. The third-order valence-electron chi connectivity index (χ3n) is 4.58. The minimum absolute atomic E-state index is 0.0451. The van der Waals surface area contributed by atoms with Crippen molar-refractivity contribution >= 4 is 28.9 Å². The number of benzene rings is 3. The van der Waals surface area contributed by atoms with E-state index in [9.17, 15) is 19.5 Å². The second-order valence-corrected chi connectivity index (χ2v) is 6.42. The molecule has 0 atom stereocenters. The topological polar surface area (TPSA) is 95.5 Å². The van der Waals surface area contributed by atoms with E-state index in [2.05, 4.69) is 10.6 Å². The Morgan fingerprint density at radius 3 is 1.72 bits per heavy atom. The number of allylic oxidation sites excluding steroid dienone is 1. The molecule has 1 aliphatic rings. The van der Waals surface area contributed by atoms with Gasteiger partial charge in [0.1, 0.15) is 11.4 Å². The Kier molecular flexibility index (Phi) is 4.66. The van der Waals surface area contributed by atoms with E-state index in [1.807, 2.05) is 0 Å². The van der Waals surface area contributed by atoms with Crippen LogP contribution in [0, 0.1) is 0 Å². The highest BCUT2D eigenvalue weighted by molar-refractivity contribution is 6.32. The fraction of sp³-hybridized carbons (Fsp3) is 0. The minimum atomic E-state index is -1.11. The van der Waals surface area contributed by atoms with Crippen molar-refractivity contribution < 1.29 is 19.5 Å². The Bertz CT molecular complexity index is 1100. The number of carbonyl (C=O) groups is 3. The van der Waals surface area contributed by atoms with Crippen molar-refractivity contribution in [2.24, 2.45) is 0 Å². The molecule has 0 aliphatic carbocycles. The molecule has 0 radical (unpaired) electrons. The van der Waals surface area contributed by atoms with Gasteiger partial charge in [-0.05, 0) is 12.1 Å². The predicted molar refractivity (Wildman–Crippen MR) is 109 cm³/mol. The molecule has 3 N–H and O–H groups in total. The Morgan fingerprint density at radius 1 is 0.655 bits per heavy atom. The van der Waals surface area contributed by atoms with Gasteiger partial charge in [-0.2, -0.15) is 0 Å². The van der Waals surface area contributed by atoms with E-state index in [4.69, 9.17) is 0 Å². The molecule has 0 bridgehead atoms. The molecule has 0 saturated heterocycles. The number of hydrogen-bond donors (Lipinski definition) is 3. The Hall–Kier alpha value is -4.19. The molecule has 0 spiro atoms. The quantitative estimate of drug-likeness (QED) is 0.264. The minimum Gasteiger partial charge on any atom is -0.478 e. The van der Waals surface area contributed by atoms with E-state index in [0.29, 0.717) is 22.5 Å². The van der Waals surface area contributed by atoms with Crippen molar-refractivity contribution in [3.05, 3.63) is 107 Å². The molecule has 0 saturated carbocycles. The number of rotatable bonds is 5. The summed E-state index contributed by atoms with van der Waals surface area (Å²) in [7, 11) is 0. The van der Waals surface area contributed by atoms with E-state index in [1.54, 1.807) is 72.8 Å². The van der Waals surface area contributed by atoms with Crippen LogP contribution in [0.25, 0.3) is 0 Å². The first kappa shape index (κ1) is 18.2. The van der Waals surface area contributed by atoms with Crippen LogP contribution in [0.5, 0.6) is 0 Å². The van der Waals surface area contributed by atoms with Crippen LogP contribution in [0.2, 0.25) is 0 Å². The van der Waals surface area contributed by atoms with E-state index in [-0.39, 0.29) is 17.0 Å². The number of carboxylic acid groups (broad SMARTS) is 1. The lowest BCUT2D eigenvalue weighted by Gasteiger charge is -2.11. The standard InChI is InChI=1S/C23H16N2O4/c26-20(14-8-3-1-4-9-14)18(21(27)15-10-5-2-6-11-15)22-24-17-13-7-12-16(23(28)29)19(17)25-22/h1-13,24-25H,(H,28,29). The van der Waals surface area contributed by atoms with Gasteiger partial charge in [0.25, 0.3) is 0 Å². The zero-order valence-corrected chi connectivity index (χ0v) is 15.2. The summed E-state index contributed by atoms with van der Waals surface area (Å²) in [5.74, 6) is -1.86. The number of para-hydroxylation sites is 1. The van der Waals surface area contributed by atoms with Gasteiger partial charge in [0.2, 0.25) is 11.6 Å². The zero-order chi connectivity index (χ0) is 20.4. The summed E-state index contributed by atoms with van der Waals surface area (Å²) in [6.45, 7) is 0. The second kappa shape index (κ2) is 7.44. The largest absolute Gasteiger partial charge is 0.478 e. The molecular weight excluding hydrogens is 368 g/mol. The molecule has 4 rings (SSSR count). The van der Waals surface area contributed by atoms with Crippen LogP contribution in [0.1, 0.15) is 31.1 Å². The third kappa shape index (κ3) is 3.39. The van der Waals surface area contributed by atoms with Gasteiger partial charge in [-0.3, -0.25) is 9.59 Å². The molecule has 6 nitrogen and oxygen atoms in total. The van der Waals surface area contributed by atoms with Crippen LogP contribution in [-0.2, 0) is 0 Å². The number of nitrogens with one attached hydrogen (secondary N) is 2. The molecule has 29 heavy (non-hydrogen) atoms. The number of ketones is 2. The van der Waals surface area contributed by atoms with Gasteiger partial charge in [0.05, 0.1) is 16.9 Å². The van der Waals surface area contributed by atoms with Gasteiger partial charge >= 0.3 is 5.97 Å². The highest BCUT2D eigenvalue weighted by Crippen LogP contribution is 2.35. The summed E-state index contributed by atoms with van der Waals surface area (Å²) in [5, 5.41) is 15.4. The van der Waals surface area contributed by atoms with Gasteiger partial charge in [-0.25, -0.2) is 4.79 Å². The Balaban J connectivity index is 1.85. The van der Waals surface area contributed by atoms with Crippen molar-refractivity contribution in [1.82, 2.24) is 0 Å². The van der Waals surface area contributed by atoms with Crippen molar-refractivity contribution in [2.45, 2.75) is 0 Å². The molecule has 142 valence electrons. The molecule has 3 aromatic carbocycles. The number of anilines is 2. The molecule has 0 amide bonds. The molecule has 1 heterocycles. The van der Waals surface area contributed by atoms with Crippen molar-refractivity contribution in [3.8, 4) is 0 Å². The molecule has 6 heteroatoms. The number of hydrogen-bond acceptors (Lipinski definition) is 5. The molecular formula is C23H16N2O4. The lowest BCUT2D eigenvalue weighted by atomic mass is 9.95. The monoisotopic (exact) mass is 384 g/mol. The number of fused-ring (bicyclic) bond motifs is 1. The number of aromatic carboxylic acids is 1. The van der Waals surface area contributed by atoms with Gasteiger partial charge in [-0.1, -0.05) is 66.7 Å². The van der Waals surface area contributed by atoms with Crippen LogP contribution in [0.15, 0.2) is 90.3 Å². The molecule has 1 aliphatic heterocycles. The summed E-state index contributed by atoms with van der Waals surface area (Å²) in [6, 6.07) is 21.7. The van der Waals surface area contributed by atoms with Crippen molar-refractivity contribution in [2.75, 3.05) is 10.6 Å². The molecule has 0 aromatic heterocycles. The summed E-state index contributed by atoms with van der Waals surface area (Å²) in [4.78, 5) is 38.0. The first-order chi connectivity index (χ1) is 14.1. The number of carboxylic acids is 1. The van der Waals surface area contributed by atoms with Crippen LogP contribution < -0.4 is 10.6 Å². The van der Waals surface area contributed by atoms with E-state index in [1.165, 1.54) is 6.07 Å². The number of Topliss-reactive ketones (excluding diaryl/α,β-unsaturated/α-hetero) is 2. The van der Waals surface area contributed by atoms with Gasteiger partial charge in [0, 0.05) is 11.1 Å². The van der Waals surface area contributed by atoms with E-state index < -0.39 is 17.5 Å². The Morgan fingerprint density at radius 2 is 1.21 bits per heavy atom. The second-order valence-electron chi connectivity index (χ2n) is 6.42. The maximum Gasteiger partial charge on any atom is 0.337 e. The van der Waals surface area contributed by atoms with Crippen LogP contribution in [0.4, 0.5) is 11.4 Å².